The van der Waals surface area contributed by atoms with Crippen LogP contribution in [0.1, 0.15) is 5.56 Å². The zero-order valence-corrected chi connectivity index (χ0v) is 7.60. The zero-order valence-electron chi connectivity index (χ0n) is 6.78. The first-order valence-corrected chi connectivity index (χ1v) is 3.76. The fourth-order valence-corrected chi connectivity index (χ4v) is 1.36. The predicted molar refractivity (Wildman–Crippen MR) is 49.2 cm³/mol. The summed E-state index contributed by atoms with van der Waals surface area (Å²) in [7, 11) is 0. The SMILES string of the molecule is Cl.O=C(O)C1CNc2[nH]ncc2C1. The molecular weight excluding hydrogens is 194 g/mol. The van der Waals surface area contributed by atoms with Crippen molar-refractivity contribution >= 4 is 24.2 Å². The number of H-pyrrole nitrogens is 1. The van der Waals surface area contributed by atoms with Crippen LogP contribution in [0, 0.1) is 5.92 Å². The van der Waals surface area contributed by atoms with E-state index in [4.69, 9.17) is 5.11 Å². The Morgan fingerprint density at radius 2 is 2.46 bits per heavy atom. The Bertz CT molecular complexity index is 312. The van der Waals surface area contributed by atoms with Crippen molar-refractivity contribution in [2.24, 2.45) is 5.92 Å². The van der Waals surface area contributed by atoms with Gasteiger partial charge >= 0.3 is 5.97 Å². The Kier molecular flexibility index (Phi) is 2.77. The molecule has 1 aromatic rings. The van der Waals surface area contributed by atoms with E-state index in [1.165, 1.54) is 0 Å². The Hall–Kier alpha value is -1.23. The summed E-state index contributed by atoms with van der Waals surface area (Å²) in [6.45, 7) is 0.477. The minimum absolute atomic E-state index is 0. The van der Waals surface area contributed by atoms with E-state index in [2.05, 4.69) is 15.5 Å². The minimum atomic E-state index is -0.755. The first kappa shape index (κ1) is 9.85. The predicted octanol–water partition coefficient (Wildman–Crippen LogP) is 0.500. The number of aromatic nitrogens is 2. The van der Waals surface area contributed by atoms with Crippen LogP contribution in [0.5, 0.6) is 0 Å². The van der Waals surface area contributed by atoms with Gasteiger partial charge in [-0.15, -0.1) is 12.4 Å². The van der Waals surface area contributed by atoms with E-state index in [1.807, 2.05) is 0 Å². The molecule has 1 aromatic heterocycles. The average molecular weight is 204 g/mol. The van der Waals surface area contributed by atoms with Gasteiger partial charge in [-0.25, -0.2) is 0 Å². The van der Waals surface area contributed by atoms with Gasteiger partial charge in [-0.2, -0.15) is 5.10 Å². The smallest absolute Gasteiger partial charge is 0.308 e. The molecule has 13 heavy (non-hydrogen) atoms. The largest absolute Gasteiger partial charge is 0.481 e. The molecule has 1 aliphatic rings. The van der Waals surface area contributed by atoms with Gasteiger partial charge in [0.15, 0.2) is 0 Å². The third-order valence-electron chi connectivity index (χ3n) is 2.06. The molecule has 5 nitrogen and oxygen atoms in total. The first-order valence-electron chi connectivity index (χ1n) is 3.76. The lowest BCUT2D eigenvalue weighted by Gasteiger charge is -2.19. The van der Waals surface area contributed by atoms with E-state index in [9.17, 15) is 4.79 Å². The summed E-state index contributed by atoms with van der Waals surface area (Å²) in [4.78, 5) is 10.6. The molecule has 6 heteroatoms. The van der Waals surface area contributed by atoms with Crippen LogP contribution in [0.2, 0.25) is 0 Å². The van der Waals surface area contributed by atoms with Gasteiger partial charge in [0.25, 0.3) is 0 Å². The maximum atomic E-state index is 10.6. The number of nitrogens with zero attached hydrogens (tertiary/aromatic N) is 1. The van der Waals surface area contributed by atoms with Crippen LogP contribution in [0.25, 0.3) is 0 Å². The fraction of sp³-hybridized carbons (Fsp3) is 0.429. The number of nitrogens with one attached hydrogen (secondary N) is 2. The Morgan fingerprint density at radius 1 is 1.69 bits per heavy atom. The highest BCUT2D eigenvalue weighted by atomic mass is 35.5. The summed E-state index contributed by atoms with van der Waals surface area (Å²) in [5, 5.41) is 18.3. The number of carboxylic acid groups (broad SMARTS) is 1. The molecule has 0 saturated heterocycles. The van der Waals surface area contributed by atoms with Gasteiger partial charge in [0.1, 0.15) is 5.82 Å². The van der Waals surface area contributed by atoms with Crippen LogP contribution in [0.4, 0.5) is 5.82 Å². The van der Waals surface area contributed by atoms with Crippen molar-refractivity contribution in [2.45, 2.75) is 6.42 Å². The second kappa shape index (κ2) is 3.66. The van der Waals surface area contributed by atoms with Crippen molar-refractivity contribution in [2.75, 3.05) is 11.9 Å². The van der Waals surface area contributed by atoms with Crippen LogP contribution in [-0.2, 0) is 11.2 Å². The lowest BCUT2D eigenvalue weighted by Crippen LogP contribution is -2.29. The van der Waals surface area contributed by atoms with Crippen molar-refractivity contribution in [3.05, 3.63) is 11.8 Å². The van der Waals surface area contributed by atoms with E-state index >= 15 is 0 Å². The Balaban J connectivity index is 0.000000845. The molecule has 0 radical (unpaired) electrons. The lowest BCUT2D eigenvalue weighted by atomic mass is 9.98. The normalized spacial score (nSPS) is 19.5. The van der Waals surface area contributed by atoms with Crippen LogP contribution in [0.3, 0.4) is 0 Å². The molecule has 0 saturated carbocycles. The van der Waals surface area contributed by atoms with E-state index in [-0.39, 0.29) is 18.3 Å². The maximum Gasteiger partial charge on any atom is 0.308 e. The number of rotatable bonds is 1. The van der Waals surface area contributed by atoms with Gasteiger partial charge < -0.3 is 10.4 Å². The number of hydrogen-bond acceptors (Lipinski definition) is 3. The van der Waals surface area contributed by atoms with Crippen LogP contribution in [-0.4, -0.2) is 27.8 Å². The Labute approximate surface area is 80.9 Å². The third-order valence-corrected chi connectivity index (χ3v) is 2.06. The monoisotopic (exact) mass is 203 g/mol. The number of halogens is 1. The molecule has 0 amide bonds. The van der Waals surface area contributed by atoms with Crippen LogP contribution < -0.4 is 5.32 Å². The van der Waals surface area contributed by atoms with Gasteiger partial charge in [-0.3, -0.25) is 9.89 Å². The second-order valence-electron chi connectivity index (χ2n) is 2.89. The maximum absolute atomic E-state index is 10.6. The summed E-state index contributed by atoms with van der Waals surface area (Å²) in [6.07, 6.45) is 2.23. The third kappa shape index (κ3) is 1.75. The van der Waals surface area contributed by atoms with Crippen molar-refractivity contribution in [3.8, 4) is 0 Å². The highest BCUT2D eigenvalue weighted by molar-refractivity contribution is 5.85. The van der Waals surface area contributed by atoms with E-state index in [0.29, 0.717) is 13.0 Å². The molecule has 3 N–H and O–H groups in total. The molecule has 0 fully saturated rings. The Morgan fingerprint density at radius 3 is 3.15 bits per heavy atom. The molecule has 72 valence electrons. The number of anilines is 1. The standard InChI is InChI=1S/C7H9N3O2.ClH/c11-7(12)5-1-4-3-9-10-6(4)8-2-5;/h3,5H,1-2H2,(H,11,12)(H2,8,9,10);1H. The van der Waals surface area contributed by atoms with Crippen molar-refractivity contribution in [1.29, 1.82) is 0 Å². The number of carboxylic acids is 1. The van der Waals surface area contributed by atoms with Crippen LogP contribution >= 0.6 is 12.4 Å². The van der Waals surface area contributed by atoms with Gasteiger partial charge in [0.05, 0.1) is 12.1 Å². The highest BCUT2D eigenvalue weighted by Gasteiger charge is 2.24. The summed E-state index contributed by atoms with van der Waals surface area (Å²) in [6, 6.07) is 0. The molecule has 0 aliphatic carbocycles. The molecule has 2 heterocycles. The highest BCUT2D eigenvalue weighted by Crippen LogP contribution is 2.21. The van der Waals surface area contributed by atoms with E-state index in [0.717, 1.165) is 11.4 Å². The summed E-state index contributed by atoms with van der Waals surface area (Å²) in [5.74, 6) is -0.225. The molecule has 1 aliphatic heterocycles. The van der Waals surface area contributed by atoms with Crippen molar-refractivity contribution in [3.63, 3.8) is 0 Å². The number of aliphatic carboxylic acids is 1. The fourth-order valence-electron chi connectivity index (χ4n) is 1.36. The van der Waals surface area contributed by atoms with Crippen LogP contribution in [0.15, 0.2) is 6.20 Å². The summed E-state index contributed by atoms with van der Waals surface area (Å²) < 4.78 is 0. The number of hydrogen-bond donors (Lipinski definition) is 3. The molecule has 0 spiro atoms. The quantitative estimate of drug-likeness (QED) is 0.621. The van der Waals surface area contributed by atoms with Gasteiger partial charge in [0, 0.05) is 12.1 Å². The topological polar surface area (TPSA) is 78.0 Å². The number of carbonyl (C=O) groups is 1. The van der Waals surface area contributed by atoms with E-state index < -0.39 is 5.97 Å². The molecule has 0 aromatic carbocycles. The van der Waals surface area contributed by atoms with Gasteiger partial charge in [0.2, 0.25) is 0 Å². The zero-order chi connectivity index (χ0) is 8.55. The van der Waals surface area contributed by atoms with E-state index in [1.54, 1.807) is 6.20 Å². The second-order valence-corrected chi connectivity index (χ2v) is 2.89. The minimum Gasteiger partial charge on any atom is -0.481 e. The number of aromatic amines is 1. The van der Waals surface area contributed by atoms with Crippen molar-refractivity contribution in [1.82, 2.24) is 10.2 Å². The summed E-state index contributed by atoms with van der Waals surface area (Å²) in [5.41, 5.74) is 0.952. The summed E-state index contributed by atoms with van der Waals surface area (Å²) >= 11 is 0. The average Bonchev–Trinajstić information content (AvgIpc) is 2.49. The molecule has 2 rings (SSSR count). The number of fused-ring (bicyclic) bond motifs is 1. The van der Waals surface area contributed by atoms with Gasteiger partial charge in [-0.1, -0.05) is 0 Å². The first-order chi connectivity index (χ1) is 5.77. The molecule has 0 bridgehead atoms. The van der Waals surface area contributed by atoms with Gasteiger partial charge in [-0.05, 0) is 6.42 Å². The van der Waals surface area contributed by atoms with Crippen molar-refractivity contribution < 1.29 is 9.90 Å². The molecular formula is C7H10ClN3O2. The molecule has 1 unspecified atom stereocenters. The molecule has 1 atom stereocenters. The lowest BCUT2D eigenvalue weighted by molar-refractivity contribution is -0.141.